The van der Waals surface area contributed by atoms with E-state index >= 15 is 0 Å². The van der Waals surface area contributed by atoms with Gasteiger partial charge in [-0.05, 0) is 31.9 Å². The van der Waals surface area contributed by atoms with Gasteiger partial charge in [0.1, 0.15) is 5.60 Å². The Hall–Kier alpha value is -3.25. The molecule has 1 N–H and O–H groups in total. The molecule has 166 valence electrons. The van der Waals surface area contributed by atoms with Crippen LogP contribution in [0.25, 0.3) is 11.3 Å². The predicted octanol–water partition coefficient (Wildman–Crippen LogP) is 5.10. The Morgan fingerprint density at radius 2 is 1.84 bits per heavy atom. The van der Waals surface area contributed by atoms with Gasteiger partial charge in [0, 0.05) is 37.3 Å². The van der Waals surface area contributed by atoms with Crippen LogP contribution >= 0.6 is 0 Å². The molecule has 6 heteroatoms. The summed E-state index contributed by atoms with van der Waals surface area (Å²) in [4.78, 5) is 23.4. The van der Waals surface area contributed by atoms with Crippen molar-refractivity contribution in [3.05, 3.63) is 84.3 Å². The van der Waals surface area contributed by atoms with Gasteiger partial charge >= 0.3 is 6.09 Å². The number of hydrogen-bond donors (Lipinski definition) is 1. The van der Waals surface area contributed by atoms with Crippen LogP contribution in [-0.4, -0.2) is 38.2 Å². The van der Waals surface area contributed by atoms with E-state index in [-0.39, 0.29) is 12.1 Å². The first-order valence-electron chi connectivity index (χ1n) is 10.9. The number of nitrogens with zero attached hydrogens (tertiary/aromatic N) is 3. The van der Waals surface area contributed by atoms with Gasteiger partial charge in [-0.2, -0.15) is 0 Å². The number of hydrogen-bond acceptors (Lipinski definition) is 5. The zero-order valence-electron chi connectivity index (χ0n) is 18.7. The first kappa shape index (κ1) is 22.0. The molecule has 6 nitrogen and oxygen atoms in total. The van der Waals surface area contributed by atoms with Crippen molar-refractivity contribution in [2.45, 2.75) is 50.9 Å². The lowest BCUT2D eigenvalue weighted by atomic mass is 9.80. The normalized spacial score (nSPS) is 20.0. The van der Waals surface area contributed by atoms with Gasteiger partial charge in [-0.25, -0.2) is 4.79 Å². The molecule has 1 aromatic heterocycles. The van der Waals surface area contributed by atoms with Crippen LogP contribution in [0.1, 0.15) is 50.8 Å². The highest BCUT2D eigenvalue weighted by Crippen LogP contribution is 2.42. The van der Waals surface area contributed by atoms with E-state index in [0.29, 0.717) is 19.4 Å². The topological polar surface area (TPSA) is 75.6 Å². The monoisotopic (exact) mass is 431 g/mol. The van der Waals surface area contributed by atoms with E-state index in [4.69, 9.17) is 4.74 Å². The first-order chi connectivity index (χ1) is 15.3. The number of cyclic esters (lactones) is 1. The third-order valence-electron chi connectivity index (χ3n) is 6.01. The van der Waals surface area contributed by atoms with E-state index in [0.717, 1.165) is 22.4 Å². The molecule has 0 saturated carbocycles. The van der Waals surface area contributed by atoms with E-state index < -0.39 is 11.2 Å². The number of amides is 1. The number of aliphatic hydroxyl groups is 1. The average Bonchev–Trinajstić information content (AvgIpc) is 2.79. The fourth-order valence-corrected chi connectivity index (χ4v) is 4.45. The summed E-state index contributed by atoms with van der Waals surface area (Å²) >= 11 is 0. The minimum Gasteiger partial charge on any atom is -0.438 e. The van der Waals surface area contributed by atoms with Gasteiger partial charge in [-0.15, -0.1) is 0 Å². The minimum atomic E-state index is -0.972. The van der Waals surface area contributed by atoms with Gasteiger partial charge in [-0.3, -0.25) is 9.97 Å². The van der Waals surface area contributed by atoms with Crippen LogP contribution in [0.2, 0.25) is 0 Å². The van der Waals surface area contributed by atoms with Crippen molar-refractivity contribution in [1.82, 2.24) is 14.9 Å². The molecule has 0 radical (unpaired) electrons. The Labute approximate surface area is 188 Å². The molecule has 1 saturated heterocycles. The number of carbonyl (C=O) groups is 1. The second kappa shape index (κ2) is 8.71. The van der Waals surface area contributed by atoms with Crippen LogP contribution in [0.3, 0.4) is 0 Å². The highest BCUT2D eigenvalue weighted by atomic mass is 16.6. The van der Waals surface area contributed by atoms with E-state index in [1.807, 2.05) is 61.5 Å². The van der Waals surface area contributed by atoms with Crippen LogP contribution in [0.15, 0.2) is 73.2 Å². The molecule has 4 rings (SSSR count). The number of benzene rings is 2. The number of rotatable bonds is 6. The van der Waals surface area contributed by atoms with Crippen molar-refractivity contribution in [1.29, 1.82) is 0 Å². The van der Waals surface area contributed by atoms with Crippen molar-refractivity contribution in [2.24, 2.45) is 0 Å². The van der Waals surface area contributed by atoms with Crippen LogP contribution < -0.4 is 0 Å². The molecule has 32 heavy (non-hydrogen) atoms. The van der Waals surface area contributed by atoms with Gasteiger partial charge in [0.25, 0.3) is 0 Å². The highest BCUT2D eigenvalue weighted by Gasteiger charge is 2.46. The summed E-state index contributed by atoms with van der Waals surface area (Å²) in [6.07, 6.45) is 5.62. The van der Waals surface area contributed by atoms with Gasteiger partial charge in [0.15, 0.2) is 0 Å². The fraction of sp³-hybridized carbons (Fsp3) is 0.346. The molecule has 0 bridgehead atoms. The SMILES string of the molecule is C[C@@H](c1ccc(-c2cnccn2)cc1)N1CCC(CC(C)(C)O)(c2ccccc2)OC1=O. The molecule has 2 atom stereocenters. The van der Waals surface area contributed by atoms with Crippen molar-refractivity contribution in [3.63, 3.8) is 0 Å². The third-order valence-corrected chi connectivity index (χ3v) is 6.01. The van der Waals surface area contributed by atoms with Crippen molar-refractivity contribution in [2.75, 3.05) is 6.54 Å². The maximum atomic E-state index is 13.2. The fourth-order valence-electron chi connectivity index (χ4n) is 4.45. The standard InChI is InChI=1S/C26H29N3O3/c1-19(20-9-11-21(12-10-20)23-17-27-14-15-28-23)29-16-13-26(32-24(29)30,18-25(2,3)31)22-7-5-4-6-8-22/h4-12,14-15,17,19,31H,13,16,18H2,1-3H3/t19-,26?/m0/s1. The van der Waals surface area contributed by atoms with E-state index in [9.17, 15) is 9.90 Å². The maximum absolute atomic E-state index is 13.2. The zero-order chi connectivity index (χ0) is 22.8. The van der Waals surface area contributed by atoms with Gasteiger partial charge in [-0.1, -0.05) is 54.6 Å². The molecule has 1 aliphatic heterocycles. The lowest BCUT2D eigenvalue weighted by molar-refractivity contribution is -0.101. The Balaban J connectivity index is 1.54. The van der Waals surface area contributed by atoms with Crippen LogP contribution in [0, 0.1) is 0 Å². The summed E-state index contributed by atoms with van der Waals surface area (Å²) in [7, 11) is 0. The summed E-state index contributed by atoms with van der Waals surface area (Å²) in [6.45, 7) is 6.04. The van der Waals surface area contributed by atoms with Gasteiger partial charge < -0.3 is 14.7 Å². The average molecular weight is 432 g/mol. The van der Waals surface area contributed by atoms with E-state index in [1.165, 1.54) is 0 Å². The molecule has 1 aliphatic rings. The van der Waals surface area contributed by atoms with Crippen molar-refractivity contribution >= 4 is 6.09 Å². The smallest absolute Gasteiger partial charge is 0.411 e. The van der Waals surface area contributed by atoms with Gasteiger partial charge in [0.2, 0.25) is 0 Å². The second-order valence-electron chi connectivity index (χ2n) is 9.05. The largest absolute Gasteiger partial charge is 0.438 e. The molecular formula is C26H29N3O3. The molecule has 1 unspecified atom stereocenters. The number of carbonyl (C=O) groups excluding carboxylic acids is 1. The van der Waals surface area contributed by atoms with E-state index in [1.54, 1.807) is 37.3 Å². The zero-order valence-corrected chi connectivity index (χ0v) is 18.7. The summed E-state index contributed by atoms with van der Waals surface area (Å²) in [5.41, 5.74) is 1.90. The number of ether oxygens (including phenoxy) is 1. The summed E-state index contributed by atoms with van der Waals surface area (Å²) in [5.74, 6) is 0. The lowest BCUT2D eigenvalue weighted by Gasteiger charge is -2.45. The lowest BCUT2D eigenvalue weighted by Crippen LogP contribution is -2.51. The molecule has 1 fully saturated rings. The Morgan fingerprint density at radius 3 is 2.44 bits per heavy atom. The second-order valence-corrected chi connectivity index (χ2v) is 9.05. The predicted molar refractivity (Wildman–Crippen MR) is 123 cm³/mol. The summed E-state index contributed by atoms with van der Waals surface area (Å²) in [5, 5.41) is 10.5. The Kier molecular flexibility index (Phi) is 5.98. The quantitative estimate of drug-likeness (QED) is 0.587. The molecular weight excluding hydrogens is 402 g/mol. The highest BCUT2D eigenvalue weighted by molar-refractivity contribution is 5.70. The third kappa shape index (κ3) is 4.65. The summed E-state index contributed by atoms with van der Waals surface area (Å²) < 4.78 is 6.09. The molecule has 3 aromatic rings. The number of aromatic nitrogens is 2. The molecule has 2 heterocycles. The molecule has 0 aliphatic carbocycles. The van der Waals surface area contributed by atoms with Crippen molar-refractivity contribution < 1.29 is 14.6 Å². The maximum Gasteiger partial charge on any atom is 0.411 e. The van der Waals surface area contributed by atoms with Crippen molar-refractivity contribution in [3.8, 4) is 11.3 Å². The molecule has 0 spiro atoms. The molecule has 2 aromatic carbocycles. The summed E-state index contributed by atoms with van der Waals surface area (Å²) in [6, 6.07) is 17.6. The minimum absolute atomic E-state index is 0.144. The Morgan fingerprint density at radius 1 is 1.12 bits per heavy atom. The molecule has 1 amide bonds. The van der Waals surface area contributed by atoms with Crippen LogP contribution in [-0.2, 0) is 10.3 Å². The van der Waals surface area contributed by atoms with Crippen LogP contribution in [0.5, 0.6) is 0 Å². The van der Waals surface area contributed by atoms with Crippen LogP contribution in [0.4, 0.5) is 4.79 Å². The Bertz CT molecular complexity index is 1050. The van der Waals surface area contributed by atoms with E-state index in [2.05, 4.69) is 9.97 Å². The first-order valence-corrected chi connectivity index (χ1v) is 10.9. The van der Waals surface area contributed by atoms with Gasteiger partial charge in [0.05, 0.1) is 23.5 Å².